The van der Waals surface area contributed by atoms with Crippen molar-refractivity contribution in [1.82, 2.24) is 0 Å². The van der Waals surface area contributed by atoms with Crippen molar-refractivity contribution < 1.29 is 17.6 Å². The van der Waals surface area contributed by atoms with Gasteiger partial charge in [-0.2, -0.15) is 0 Å². The highest BCUT2D eigenvalue weighted by molar-refractivity contribution is 7.92. The zero-order chi connectivity index (χ0) is 13.9. The number of carbonyl (C=O) groups is 1. The Hall–Kier alpha value is -1.23. The second-order valence-electron chi connectivity index (χ2n) is 5.14. The largest absolute Gasteiger partial charge is 0.293 e. The summed E-state index contributed by atoms with van der Waals surface area (Å²) in [5.74, 6) is -1.08. The summed E-state index contributed by atoms with van der Waals surface area (Å²) in [6, 6.07) is 4.97. The van der Waals surface area contributed by atoms with E-state index in [2.05, 4.69) is 0 Å². The molecule has 0 amide bonds. The van der Waals surface area contributed by atoms with E-state index in [0.717, 1.165) is 37.8 Å². The van der Waals surface area contributed by atoms with Crippen LogP contribution in [0.2, 0.25) is 0 Å². The van der Waals surface area contributed by atoms with Gasteiger partial charge in [0.2, 0.25) is 0 Å². The van der Waals surface area contributed by atoms with E-state index in [-0.39, 0.29) is 17.2 Å². The molecule has 0 N–H and O–H groups in total. The average Bonchev–Trinajstić information content (AvgIpc) is 2.81. The number of rotatable bonds is 5. The zero-order valence-corrected chi connectivity index (χ0v) is 11.5. The van der Waals surface area contributed by atoms with E-state index in [1.54, 1.807) is 0 Å². The maximum atomic E-state index is 12.7. The van der Waals surface area contributed by atoms with Gasteiger partial charge >= 0.3 is 0 Å². The van der Waals surface area contributed by atoms with Gasteiger partial charge in [0.15, 0.2) is 15.6 Å². The highest BCUT2D eigenvalue weighted by Gasteiger charge is 2.25. The molecule has 1 aliphatic carbocycles. The van der Waals surface area contributed by atoms with Gasteiger partial charge in [0.25, 0.3) is 0 Å². The minimum absolute atomic E-state index is 0.0972. The van der Waals surface area contributed by atoms with Crippen molar-refractivity contribution in [3.63, 3.8) is 0 Å². The summed E-state index contributed by atoms with van der Waals surface area (Å²) in [6.07, 6.45) is 4.02. The van der Waals surface area contributed by atoms with Crippen LogP contribution in [0.25, 0.3) is 0 Å². The molecule has 0 bridgehead atoms. The predicted octanol–water partition coefficient (Wildman–Crippen LogP) is 2.61. The quantitative estimate of drug-likeness (QED) is 0.781. The smallest absolute Gasteiger partial charge is 0.177 e. The molecule has 1 aromatic carbocycles. The Morgan fingerprint density at radius 3 is 2.32 bits per heavy atom. The summed E-state index contributed by atoms with van der Waals surface area (Å²) >= 11 is 0. The van der Waals surface area contributed by atoms with E-state index < -0.39 is 27.2 Å². The maximum absolute atomic E-state index is 12.7. The van der Waals surface area contributed by atoms with Crippen LogP contribution in [-0.4, -0.2) is 25.7 Å². The molecule has 3 nitrogen and oxygen atoms in total. The second kappa shape index (κ2) is 5.82. The summed E-state index contributed by atoms with van der Waals surface area (Å²) < 4.78 is 36.6. The molecule has 0 aromatic heterocycles. The molecule has 0 unspecified atom stereocenters. The van der Waals surface area contributed by atoms with Crippen molar-refractivity contribution >= 4 is 15.6 Å². The molecule has 0 spiro atoms. The minimum Gasteiger partial charge on any atom is -0.293 e. The van der Waals surface area contributed by atoms with Gasteiger partial charge in [-0.1, -0.05) is 12.8 Å². The Morgan fingerprint density at radius 2 is 1.74 bits per heavy atom. The van der Waals surface area contributed by atoms with Gasteiger partial charge in [-0.05, 0) is 43.0 Å². The van der Waals surface area contributed by atoms with Gasteiger partial charge in [-0.3, -0.25) is 4.79 Å². The van der Waals surface area contributed by atoms with Gasteiger partial charge in [0.05, 0.1) is 5.75 Å². The van der Waals surface area contributed by atoms with Crippen molar-refractivity contribution in [3.8, 4) is 0 Å². The van der Waals surface area contributed by atoms with E-state index in [1.807, 2.05) is 0 Å². The molecule has 0 radical (unpaired) electrons. The van der Waals surface area contributed by atoms with Crippen LogP contribution in [0.5, 0.6) is 0 Å². The molecule has 104 valence electrons. The van der Waals surface area contributed by atoms with E-state index in [4.69, 9.17) is 0 Å². The summed E-state index contributed by atoms with van der Waals surface area (Å²) in [6.45, 7) is 0. The molecule has 0 saturated heterocycles. The van der Waals surface area contributed by atoms with Crippen LogP contribution < -0.4 is 0 Å². The Morgan fingerprint density at radius 1 is 1.16 bits per heavy atom. The zero-order valence-electron chi connectivity index (χ0n) is 10.6. The third-order valence-corrected chi connectivity index (χ3v) is 5.16. The Labute approximate surface area is 112 Å². The lowest BCUT2D eigenvalue weighted by molar-refractivity contribution is 0.102. The highest BCUT2D eigenvalue weighted by Crippen LogP contribution is 2.26. The lowest BCUT2D eigenvalue weighted by atomic mass is 10.1. The van der Waals surface area contributed by atoms with Crippen molar-refractivity contribution in [3.05, 3.63) is 35.6 Å². The highest BCUT2D eigenvalue weighted by atomic mass is 32.2. The first-order valence-corrected chi connectivity index (χ1v) is 8.27. The molecule has 1 saturated carbocycles. The normalized spacial score (nSPS) is 16.7. The minimum atomic E-state index is -3.37. The van der Waals surface area contributed by atoms with Crippen LogP contribution in [0.1, 0.15) is 36.0 Å². The van der Waals surface area contributed by atoms with Crippen LogP contribution >= 0.6 is 0 Å². The van der Waals surface area contributed by atoms with Gasteiger partial charge in [-0.25, -0.2) is 12.8 Å². The Kier molecular flexibility index (Phi) is 4.34. The summed E-state index contributed by atoms with van der Waals surface area (Å²) in [4.78, 5) is 11.8. The number of Topliss-reactive ketones (excluding diaryl/α,β-unsaturated/α-hetero) is 1. The van der Waals surface area contributed by atoms with Crippen LogP contribution in [0, 0.1) is 11.7 Å². The SMILES string of the molecule is O=C(CS(=O)(=O)CC1CCCC1)c1ccc(F)cc1. The van der Waals surface area contributed by atoms with Crippen LogP contribution in [0.15, 0.2) is 24.3 Å². The molecule has 2 rings (SSSR count). The number of sulfone groups is 1. The van der Waals surface area contributed by atoms with Gasteiger partial charge in [0.1, 0.15) is 11.6 Å². The lowest BCUT2D eigenvalue weighted by Gasteiger charge is -2.09. The summed E-state index contributed by atoms with van der Waals surface area (Å²) in [5, 5.41) is 0. The van der Waals surface area contributed by atoms with E-state index in [1.165, 1.54) is 12.1 Å². The van der Waals surface area contributed by atoms with Crippen LogP contribution in [0.3, 0.4) is 0 Å². The fourth-order valence-corrected chi connectivity index (χ4v) is 4.25. The number of benzene rings is 1. The van der Waals surface area contributed by atoms with E-state index >= 15 is 0 Å². The maximum Gasteiger partial charge on any atom is 0.177 e. The fourth-order valence-electron chi connectivity index (χ4n) is 2.51. The molecular weight excluding hydrogens is 267 g/mol. The summed E-state index contributed by atoms with van der Waals surface area (Å²) in [7, 11) is -3.37. The lowest BCUT2D eigenvalue weighted by Crippen LogP contribution is -2.22. The Balaban J connectivity index is 1.99. The van der Waals surface area contributed by atoms with Gasteiger partial charge in [-0.15, -0.1) is 0 Å². The van der Waals surface area contributed by atoms with E-state index in [9.17, 15) is 17.6 Å². The van der Waals surface area contributed by atoms with Crippen molar-refractivity contribution in [2.24, 2.45) is 5.92 Å². The van der Waals surface area contributed by atoms with Crippen LogP contribution in [-0.2, 0) is 9.84 Å². The number of carbonyl (C=O) groups excluding carboxylic acids is 1. The first kappa shape index (κ1) is 14.2. The van der Waals surface area contributed by atoms with Crippen molar-refractivity contribution in [2.75, 3.05) is 11.5 Å². The monoisotopic (exact) mass is 284 g/mol. The second-order valence-corrected chi connectivity index (χ2v) is 7.24. The molecule has 1 aromatic rings. The molecule has 1 aliphatic rings. The van der Waals surface area contributed by atoms with Gasteiger partial charge in [0, 0.05) is 5.56 Å². The molecular formula is C14H17FO3S. The molecule has 1 fully saturated rings. The predicted molar refractivity (Wildman–Crippen MR) is 71.3 cm³/mol. The van der Waals surface area contributed by atoms with E-state index in [0.29, 0.717) is 0 Å². The topological polar surface area (TPSA) is 51.2 Å². The van der Waals surface area contributed by atoms with Crippen molar-refractivity contribution in [1.29, 1.82) is 0 Å². The molecule has 0 atom stereocenters. The Bertz CT molecular complexity index is 543. The molecule has 5 heteroatoms. The number of hydrogen-bond acceptors (Lipinski definition) is 3. The first-order valence-electron chi connectivity index (χ1n) is 6.45. The number of hydrogen-bond donors (Lipinski definition) is 0. The number of halogens is 1. The van der Waals surface area contributed by atoms with Crippen LogP contribution in [0.4, 0.5) is 4.39 Å². The average molecular weight is 284 g/mol. The van der Waals surface area contributed by atoms with Crippen molar-refractivity contribution in [2.45, 2.75) is 25.7 Å². The van der Waals surface area contributed by atoms with Gasteiger partial charge < -0.3 is 0 Å². The molecule has 19 heavy (non-hydrogen) atoms. The third-order valence-electron chi connectivity index (χ3n) is 3.48. The summed E-state index contributed by atoms with van der Waals surface area (Å²) in [5.41, 5.74) is 0.247. The number of ketones is 1. The first-order chi connectivity index (χ1) is 8.96. The third kappa shape index (κ3) is 4.13. The molecule has 0 aliphatic heterocycles. The molecule has 0 heterocycles. The standard InChI is InChI=1S/C14H17FO3S/c15-13-7-5-12(6-8-13)14(16)10-19(17,18)9-11-3-1-2-4-11/h5-8,11H,1-4,9-10H2. The fraction of sp³-hybridized carbons (Fsp3) is 0.500.